The normalized spacial score (nSPS) is 11.8. The van der Waals surface area contributed by atoms with Crippen LogP contribution in [0, 0.1) is 6.92 Å². The van der Waals surface area contributed by atoms with Gasteiger partial charge in [0.2, 0.25) is 5.91 Å². The molecule has 0 aromatic heterocycles. The zero-order chi connectivity index (χ0) is 15.9. The molecule has 1 atom stereocenters. The Morgan fingerprint density at radius 3 is 2.32 bits per heavy atom. The molecule has 2 rings (SSSR count). The van der Waals surface area contributed by atoms with Gasteiger partial charge in [-0.3, -0.25) is 4.79 Å². The molecule has 3 nitrogen and oxygen atoms in total. The summed E-state index contributed by atoms with van der Waals surface area (Å²) in [5, 5.41) is 6.35. The lowest BCUT2D eigenvalue weighted by Gasteiger charge is -2.13. The SMILES string of the molecule is CCC(C)Nc1ccc(NC(=O)Cc2ccccc2C)cc1. The van der Waals surface area contributed by atoms with Crippen LogP contribution in [0.3, 0.4) is 0 Å². The van der Waals surface area contributed by atoms with Gasteiger partial charge in [-0.15, -0.1) is 0 Å². The summed E-state index contributed by atoms with van der Waals surface area (Å²) in [7, 11) is 0. The lowest BCUT2D eigenvalue weighted by atomic mass is 10.1. The molecule has 1 amide bonds. The summed E-state index contributed by atoms with van der Waals surface area (Å²) in [6.45, 7) is 6.33. The van der Waals surface area contributed by atoms with Gasteiger partial charge in [0.15, 0.2) is 0 Å². The van der Waals surface area contributed by atoms with Gasteiger partial charge in [-0.05, 0) is 55.7 Å². The Kier molecular flexibility index (Phi) is 5.59. The fraction of sp³-hybridized carbons (Fsp3) is 0.316. The number of hydrogen-bond donors (Lipinski definition) is 2. The molecule has 0 saturated carbocycles. The molecule has 0 aliphatic carbocycles. The molecule has 0 spiro atoms. The van der Waals surface area contributed by atoms with Gasteiger partial charge in [-0.25, -0.2) is 0 Å². The molecule has 2 N–H and O–H groups in total. The van der Waals surface area contributed by atoms with E-state index >= 15 is 0 Å². The second kappa shape index (κ2) is 7.64. The number of carbonyl (C=O) groups excluding carboxylic acids is 1. The monoisotopic (exact) mass is 296 g/mol. The van der Waals surface area contributed by atoms with Crippen LogP contribution in [-0.2, 0) is 11.2 Å². The Labute approximate surface area is 132 Å². The molecular formula is C19H24N2O. The van der Waals surface area contributed by atoms with E-state index in [1.807, 2.05) is 55.5 Å². The molecule has 0 heterocycles. The van der Waals surface area contributed by atoms with E-state index in [9.17, 15) is 4.79 Å². The maximum atomic E-state index is 12.1. The van der Waals surface area contributed by atoms with Crippen molar-refractivity contribution in [2.24, 2.45) is 0 Å². The van der Waals surface area contributed by atoms with Crippen molar-refractivity contribution in [1.82, 2.24) is 0 Å². The minimum Gasteiger partial charge on any atom is -0.383 e. The van der Waals surface area contributed by atoms with Gasteiger partial charge in [-0.1, -0.05) is 31.2 Å². The van der Waals surface area contributed by atoms with Crippen molar-refractivity contribution >= 4 is 17.3 Å². The fourth-order valence-electron chi connectivity index (χ4n) is 2.22. The minimum absolute atomic E-state index is 0.0111. The maximum Gasteiger partial charge on any atom is 0.228 e. The van der Waals surface area contributed by atoms with E-state index in [4.69, 9.17) is 0 Å². The van der Waals surface area contributed by atoms with Crippen LogP contribution in [0.2, 0.25) is 0 Å². The van der Waals surface area contributed by atoms with Gasteiger partial charge < -0.3 is 10.6 Å². The largest absolute Gasteiger partial charge is 0.383 e. The molecule has 1 unspecified atom stereocenters. The van der Waals surface area contributed by atoms with Crippen molar-refractivity contribution in [2.75, 3.05) is 10.6 Å². The fourth-order valence-corrected chi connectivity index (χ4v) is 2.22. The average Bonchev–Trinajstić information content (AvgIpc) is 2.51. The van der Waals surface area contributed by atoms with Crippen molar-refractivity contribution in [3.05, 3.63) is 59.7 Å². The zero-order valence-electron chi connectivity index (χ0n) is 13.5. The van der Waals surface area contributed by atoms with Crippen LogP contribution in [0.25, 0.3) is 0 Å². The third-order valence-electron chi connectivity index (χ3n) is 3.81. The number of nitrogens with one attached hydrogen (secondary N) is 2. The molecule has 3 heteroatoms. The third kappa shape index (κ3) is 4.62. The van der Waals surface area contributed by atoms with Crippen molar-refractivity contribution in [3.63, 3.8) is 0 Å². The second-order valence-corrected chi connectivity index (χ2v) is 5.68. The molecule has 0 aliphatic heterocycles. The first-order valence-electron chi connectivity index (χ1n) is 7.79. The summed E-state index contributed by atoms with van der Waals surface area (Å²) in [6, 6.07) is 16.3. The Bertz CT molecular complexity index is 620. The van der Waals surface area contributed by atoms with Gasteiger partial charge >= 0.3 is 0 Å². The number of benzene rings is 2. The highest BCUT2D eigenvalue weighted by atomic mass is 16.1. The summed E-state index contributed by atoms with van der Waals surface area (Å²) >= 11 is 0. The highest BCUT2D eigenvalue weighted by Gasteiger charge is 2.06. The molecular weight excluding hydrogens is 272 g/mol. The summed E-state index contributed by atoms with van der Waals surface area (Å²) in [6.07, 6.45) is 1.48. The highest BCUT2D eigenvalue weighted by molar-refractivity contribution is 5.92. The van der Waals surface area contributed by atoms with Gasteiger partial charge in [0.1, 0.15) is 0 Å². The van der Waals surface area contributed by atoms with E-state index in [-0.39, 0.29) is 5.91 Å². The van der Waals surface area contributed by atoms with Crippen LogP contribution >= 0.6 is 0 Å². The predicted octanol–water partition coefficient (Wildman–Crippen LogP) is 4.39. The minimum atomic E-state index is 0.0111. The first-order valence-corrected chi connectivity index (χ1v) is 7.79. The van der Waals surface area contributed by atoms with Gasteiger partial charge in [0.25, 0.3) is 0 Å². The summed E-state index contributed by atoms with van der Waals surface area (Å²) in [5.41, 5.74) is 4.11. The second-order valence-electron chi connectivity index (χ2n) is 5.68. The predicted molar refractivity (Wildman–Crippen MR) is 93.3 cm³/mol. The molecule has 0 saturated heterocycles. The maximum absolute atomic E-state index is 12.1. The van der Waals surface area contributed by atoms with Crippen molar-refractivity contribution in [1.29, 1.82) is 0 Å². The molecule has 0 bridgehead atoms. The Hall–Kier alpha value is -2.29. The van der Waals surface area contributed by atoms with Crippen LogP contribution in [0.1, 0.15) is 31.4 Å². The number of hydrogen-bond acceptors (Lipinski definition) is 2. The van der Waals surface area contributed by atoms with Gasteiger partial charge in [0, 0.05) is 17.4 Å². The molecule has 2 aromatic carbocycles. The zero-order valence-corrected chi connectivity index (χ0v) is 13.5. The van der Waals surface area contributed by atoms with Gasteiger partial charge in [-0.2, -0.15) is 0 Å². The molecule has 22 heavy (non-hydrogen) atoms. The van der Waals surface area contributed by atoms with E-state index in [1.165, 1.54) is 0 Å². The Morgan fingerprint density at radius 2 is 1.68 bits per heavy atom. The molecule has 0 aliphatic rings. The van der Waals surface area contributed by atoms with E-state index in [1.54, 1.807) is 0 Å². The number of anilines is 2. The summed E-state index contributed by atoms with van der Waals surface area (Å²) in [4.78, 5) is 12.1. The number of carbonyl (C=O) groups is 1. The van der Waals surface area contributed by atoms with Crippen LogP contribution in [0.15, 0.2) is 48.5 Å². The van der Waals surface area contributed by atoms with Crippen LogP contribution in [-0.4, -0.2) is 11.9 Å². The Morgan fingerprint density at radius 1 is 1.05 bits per heavy atom. The topological polar surface area (TPSA) is 41.1 Å². The van der Waals surface area contributed by atoms with Crippen molar-refractivity contribution in [3.8, 4) is 0 Å². The molecule has 116 valence electrons. The van der Waals surface area contributed by atoms with Crippen molar-refractivity contribution < 1.29 is 4.79 Å². The lowest BCUT2D eigenvalue weighted by Crippen LogP contribution is -2.15. The average molecular weight is 296 g/mol. The molecule has 0 fully saturated rings. The highest BCUT2D eigenvalue weighted by Crippen LogP contribution is 2.16. The van der Waals surface area contributed by atoms with E-state index < -0.39 is 0 Å². The first kappa shape index (κ1) is 16.1. The van der Waals surface area contributed by atoms with Gasteiger partial charge in [0.05, 0.1) is 6.42 Å². The van der Waals surface area contributed by atoms with Crippen molar-refractivity contribution in [2.45, 2.75) is 39.7 Å². The first-order chi connectivity index (χ1) is 10.6. The number of rotatable bonds is 6. The van der Waals surface area contributed by atoms with Crippen LogP contribution < -0.4 is 10.6 Å². The number of aryl methyl sites for hydroxylation is 1. The quantitative estimate of drug-likeness (QED) is 0.830. The standard InChI is InChI=1S/C19H24N2O/c1-4-15(3)20-17-9-11-18(12-10-17)21-19(22)13-16-8-6-5-7-14(16)2/h5-12,15,20H,4,13H2,1-3H3,(H,21,22). The smallest absolute Gasteiger partial charge is 0.228 e. The Balaban J connectivity index is 1.93. The molecule has 2 aromatic rings. The van der Waals surface area contributed by atoms with E-state index in [0.717, 1.165) is 28.9 Å². The number of amides is 1. The summed E-state index contributed by atoms with van der Waals surface area (Å²) in [5.74, 6) is 0.0111. The van der Waals surface area contributed by atoms with E-state index in [0.29, 0.717) is 12.5 Å². The van der Waals surface area contributed by atoms with Crippen LogP contribution in [0.5, 0.6) is 0 Å². The summed E-state index contributed by atoms with van der Waals surface area (Å²) < 4.78 is 0. The molecule has 0 radical (unpaired) electrons. The lowest BCUT2D eigenvalue weighted by molar-refractivity contribution is -0.115. The third-order valence-corrected chi connectivity index (χ3v) is 3.81. The van der Waals surface area contributed by atoms with E-state index in [2.05, 4.69) is 24.5 Å². The van der Waals surface area contributed by atoms with Crippen LogP contribution in [0.4, 0.5) is 11.4 Å².